The molecule has 88 valence electrons. The largest absolute Gasteiger partial charge is 0.495 e. The van der Waals surface area contributed by atoms with E-state index in [4.69, 9.17) is 4.74 Å². The van der Waals surface area contributed by atoms with Gasteiger partial charge in [-0.2, -0.15) is 0 Å². The first-order valence-electron chi connectivity index (χ1n) is 5.88. The molecule has 3 heteroatoms. The molecule has 1 aliphatic heterocycles. The lowest BCUT2D eigenvalue weighted by molar-refractivity contribution is 0.415. The molecule has 2 rings (SSSR count). The number of benzene rings is 1. The molecular formula is C13H20N2O. The van der Waals surface area contributed by atoms with Crippen molar-refractivity contribution >= 4 is 5.69 Å². The Hall–Kier alpha value is -1.22. The lowest BCUT2D eigenvalue weighted by Gasteiger charge is -2.24. The van der Waals surface area contributed by atoms with Crippen LogP contribution in [0.15, 0.2) is 12.1 Å². The second-order valence-corrected chi connectivity index (χ2v) is 4.51. The van der Waals surface area contributed by atoms with Gasteiger partial charge in [0, 0.05) is 12.6 Å². The number of fused-ring (bicyclic) bond motifs is 1. The fourth-order valence-electron chi connectivity index (χ4n) is 2.17. The Bertz CT molecular complexity index is 374. The molecule has 0 bridgehead atoms. The minimum absolute atomic E-state index is 0.426. The third-order valence-electron chi connectivity index (χ3n) is 2.89. The number of nitrogens with one attached hydrogen (secondary N) is 2. The highest BCUT2D eigenvalue weighted by molar-refractivity contribution is 5.65. The highest BCUT2D eigenvalue weighted by Gasteiger charge is 2.17. The molecule has 1 aliphatic rings. The van der Waals surface area contributed by atoms with Gasteiger partial charge in [0.05, 0.1) is 12.8 Å². The molecule has 0 aromatic heterocycles. The Kier molecular flexibility index (Phi) is 3.34. The number of anilines is 1. The topological polar surface area (TPSA) is 33.3 Å². The van der Waals surface area contributed by atoms with Crippen molar-refractivity contribution in [3.63, 3.8) is 0 Å². The van der Waals surface area contributed by atoms with E-state index in [1.807, 2.05) is 0 Å². The maximum atomic E-state index is 5.43. The van der Waals surface area contributed by atoms with Gasteiger partial charge in [0.1, 0.15) is 5.75 Å². The molecule has 0 amide bonds. The van der Waals surface area contributed by atoms with E-state index in [9.17, 15) is 0 Å². The Balaban J connectivity index is 2.43. The van der Waals surface area contributed by atoms with Crippen LogP contribution in [-0.2, 0) is 13.0 Å². The van der Waals surface area contributed by atoms with Crippen LogP contribution in [0.4, 0.5) is 5.69 Å². The summed E-state index contributed by atoms with van der Waals surface area (Å²) in [5, 5.41) is 6.89. The van der Waals surface area contributed by atoms with E-state index in [0.717, 1.165) is 25.3 Å². The van der Waals surface area contributed by atoms with Crippen LogP contribution < -0.4 is 15.4 Å². The molecule has 1 heterocycles. The van der Waals surface area contributed by atoms with Crippen molar-refractivity contribution in [2.45, 2.75) is 32.9 Å². The van der Waals surface area contributed by atoms with Crippen molar-refractivity contribution in [2.75, 3.05) is 19.0 Å². The molecular weight excluding hydrogens is 200 g/mol. The first-order valence-corrected chi connectivity index (χ1v) is 5.88. The van der Waals surface area contributed by atoms with Crippen LogP contribution in [0.3, 0.4) is 0 Å². The van der Waals surface area contributed by atoms with Gasteiger partial charge in [0.2, 0.25) is 0 Å². The molecule has 3 nitrogen and oxygen atoms in total. The van der Waals surface area contributed by atoms with Crippen LogP contribution in [0.5, 0.6) is 5.75 Å². The van der Waals surface area contributed by atoms with Crippen molar-refractivity contribution < 1.29 is 4.74 Å². The molecule has 1 aromatic rings. The van der Waals surface area contributed by atoms with Gasteiger partial charge in [-0.25, -0.2) is 0 Å². The lowest BCUT2D eigenvalue weighted by atomic mass is 9.98. The molecule has 0 fully saturated rings. The zero-order chi connectivity index (χ0) is 11.5. The molecule has 1 aromatic carbocycles. The molecule has 0 saturated carbocycles. The van der Waals surface area contributed by atoms with Gasteiger partial charge < -0.3 is 15.4 Å². The molecule has 0 atom stereocenters. The zero-order valence-corrected chi connectivity index (χ0v) is 10.3. The molecule has 0 saturated heterocycles. The Labute approximate surface area is 97.2 Å². The number of hydrogen-bond acceptors (Lipinski definition) is 3. The Morgan fingerprint density at radius 1 is 1.38 bits per heavy atom. The van der Waals surface area contributed by atoms with Gasteiger partial charge >= 0.3 is 0 Å². The van der Waals surface area contributed by atoms with Crippen LogP contribution in [0.2, 0.25) is 0 Å². The van der Waals surface area contributed by atoms with Crippen molar-refractivity contribution in [3.05, 3.63) is 23.3 Å². The van der Waals surface area contributed by atoms with Crippen molar-refractivity contribution in [1.29, 1.82) is 0 Å². The van der Waals surface area contributed by atoms with E-state index in [-0.39, 0.29) is 0 Å². The number of rotatable bonds is 3. The summed E-state index contributed by atoms with van der Waals surface area (Å²) < 4.78 is 5.43. The van der Waals surface area contributed by atoms with E-state index in [2.05, 4.69) is 36.6 Å². The molecule has 16 heavy (non-hydrogen) atoms. The number of hydrogen-bond donors (Lipinski definition) is 2. The predicted octanol–water partition coefficient (Wildman–Crippen LogP) is 2.16. The number of ether oxygens (including phenoxy) is 1. The normalized spacial score (nSPS) is 14.8. The van der Waals surface area contributed by atoms with Crippen LogP contribution in [-0.4, -0.2) is 19.7 Å². The van der Waals surface area contributed by atoms with Crippen LogP contribution in [0, 0.1) is 0 Å². The average molecular weight is 220 g/mol. The van der Waals surface area contributed by atoms with Gasteiger partial charge in [-0.15, -0.1) is 0 Å². The first-order chi connectivity index (χ1) is 7.72. The molecule has 2 N–H and O–H groups in total. The highest BCUT2D eigenvalue weighted by Crippen LogP contribution is 2.33. The fraction of sp³-hybridized carbons (Fsp3) is 0.538. The fourth-order valence-corrected chi connectivity index (χ4v) is 2.17. The summed E-state index contributed by atoms with van der Waals surface area (Å²) in [7, 11) is 1.73. The Morgan fingerprint density at radius 2 is 2.19 bits per heavy atom. The van der Waals surface area contributed by atoms with E-state index in [1.54, 1.807) is 7.11 Å². The SMILES string of the molecule is COc1ccc2c(c1NC(C)C)CCNC2. The Morgan fingerprint density at radius 3 is 2.88 bits per heavy atom. The van der Waals surface area contributed by atoms with Gasteiger partial charge in [0.25, 0.3) is 0 Å². The molecule has 0 aliphatic carbocycles. The van der Waals surface area contributed by atoms with Crippen molar-refractivity contribution in [1.82, 2.24) is 5.32 Å². The second-order valence-electron chi connectivity index (χ2n) is 4.51. The van der Waals surface area contributed by atoms with Crippen molar-refractivity contribution in [3.8, 4) is 5.75 Å². The third kappa shape index (κ3) is 2.14. The molecule has 0 unspecified atom stereocenters. The monoisotopic (exact) mass is 220 g/mol. The van der Waals surface area contributed by atoms with Crippen LogP contribution >= 0.6 is 0 Å². The highest BCUT2D eigenvalue weighted by atomic mass is 16.5. The summed E-state index contributed by atoms with van der Waals surface area (Å²) in [5.74, 6) is 0.953. The summed E-state index contributed by atoms with van der Waals surface area (Å²) in [4.78, 5) is 0. The second kappa shape index (κ2) is 4.74. The summed E-state index contributed by atoms with van der Waals surface area (Å²) in [6, 6.07) is 4.64. The van der Waals surface area contributed by atoms with Gasteiger partial charge in [-0.05, 0) is 44.0 Å². The van der Waals surface area contributed by atoms with E-state index in [1.165, 1.54) is 16.8 Å². The number of methoxy groups -OCH3 is 1. The van der Waals surface area contributed by atoms with Gasteiger partial charge in [-0.3, -0.25) is 0 Å². The summed E-state index contributed by atoms with van der Waals surface area (Å²) in [6.07, 6.45) is 1.07. The average Bonchev–Trinajstić information content (AvgIpc) is 2.29. The van der Waals surface area contributed by atoms with E-state index < -0.39 is 0 Å². The smallest absolute Gasteiger partial charge is 0.142 e. The predicted molar refractivity (Wildman–Crippen MR) is 67.2 cm³/mol. The minimum atomic E-state index is 0.426. The van der Waals surface area contributed by atoms with E-state index >= 15 is 0 Å². The summed E-state index contributed by atoms with van der Waals surface area (Å²) in [6.45, 7) is 6.32. The summed E-state index contributed by atoms with van der Waals surface area (Å²) in [5.41, 5.74) is 3.97. The third-order valence-corrected chi connectivity index (χ3v) is 2.89. The van der Waals surface area contributed by atoms with Crippen LogP contribution in [0.25, 0.3) is 0 Å². The standard InChI is InChI=1S/C13H20N2O/c1-9(2)15-13-11-6-7-14-8-10(11)4-5-12(13)16-3/h4-5,9,14-15H,6-8H2,1-3H3. The maximum absolute atomic E-state index is 5.43. The quantitative estimate of drug-likeness (QED) is 0.819. The minimum Gasteiger partial charge on any atom is -0.495 e. The lowest BCUT2D eigenvalue weighted by Crippen LogP contribution is -2.25. The van der Waals surface area contributed by atoms with Crippen molar-refractivity contribution in [2.24, 2.45) is 0 Å². The summed E-state index contributed by atoms with van der Waals surface area (Å²) >= 11 is 0. The van der Waals surface area contributed by atoms with Gasteiger partial charge in [0.15, 0.2) is 0 Å². The molecule has 0 radical (unpaired) electrons. The van der Waals surface area contributed by atoms with E-state index in [0.29, 0.717) is 6.04 Å². The van der Waals surface area contributed by atoms with Crippen LogP contribution in [0.1, 0.15) is 25.0 Å². The first kappa shape index (κ1) is 11.3. The van der Waals surface area contributed by atoms with Gasteiger partial charge in [-0.1, -0.05) is 6.07 Å². The molecule has 0 spiro atoms. The zero-order valence-electron chi connectivity index (χ0n) is 10.3. The maximum Gasteiger partial charge on any atom is 0.142 e.